The molecule has 0 bridgehead atoms. The van der Waals surface area contributed by atoms with Crippen molar-refractivity contribution in [2.45, 2.75) is 19.4 Å². The Bertz CT molecular complexity index is 894. The lowest BCUT2D eigenvalue weighted by molar-refractivity contribution is -0.130. The van der Waals surface area contributed by atoms with Gasteiger partial charge in [-0.1, -0.05) is 52.6 Å². The smallest absolute Gasteiger partial charge is 0.246 e. The van der Waals surface area contributed by atoms with E-state index in [1.807, 2.05) is 42.5 Å². The third-order valence-corrected chi connectivity index (χ3v) is 4.50. The summed E-state index contributed by atoms with van der Waals surface area (Å²) in [5, 5.41) is 5.17. The van der Waals surface area contributed by atoms with E-state index >= 15 is 0 Å². The van der Waals surface area contributed by atoms with Gasteiger partial charge in [-0.05, 0) is 36.2 Å². The maximum atomic E-state index is 12.3. The Morgan fingerprint density at radius 2 is 1.85 bits per heavy atom. The Balaban J connectivity index is 1.57. The number of hydrogen-bond donors (Lipinski definition) is 0. The maximum Gasteiger partial charge on any atom is 0.246 e. The lowest BCUT2D eigenvalue weighted by Gasteiger charge is -2.14. The van der Waals surface area contributed by atoms with Crippen LogP contribution in [0, 0.1) is 0 Å². The number of carbonyl (C=O) groups is 1. The van der Waals surface area contributed by atoms with Gasteiger partial charge in [-0.3, -0.25) is 4.79 Å². The normalized spacial score (nSPS) is 10.7. The molecule has 0 saturated carbocycles. The molecule has 0 spiro atoms. The molecule has 0 fully saturated rings. The number of amides is 1. The van der Waals surface area contributed by atoms with E-state index < -0.39 is 0 Å². The van der Waals surface area contributed by atoms with Crippen molar-refractivity contribution in [3.05, 3.63) is 70.0 Å². The molecule has 1 amide bonds. The van der Waals surface area contributed by atoms with Gasteiger partial charge in [0, 0.05) is 24.1 Å². The molecule has 0 N–H and O–H groups in total. The Labute approximate surface area is 161 Å². The molecule has 134 valence electrons. The summed E-state index contributed by atoms with van der Waals surface area (Å²) in [4.78, 5) is 18.2. The number of aryl methyl sites for hydroxylation is 1. The number of carbonyl (C=O) groups excluding carboxylic acids is 1. The molecule has 1 aromatic heterocycles. The highest BCUT2D eigenvalue weighted by Gasteiger charge is 2.15. The van der Waals surface area contributed by atoms with E-state index in [2.05, 4.69) is 10.1 Å². The first-order valence-electron chi connectivity index (χ1n) is 8.09. The van der Waals surface area contributed by atoms with Crippen LogP contribution in [-0.2, 0) is 17.8 Å². The number of benzene rings is 2. The summed E-state index contributed by atoms with van der Waals surface area (Å²) in [5.74, 6) is 0.771. The summed E-state index contributed by atoms with van der Waals surface area (Å²) in [7, 11) is 1.71. The van der Waals surface area contributed by atoms with Crippen LogP contribution in [-0.4, -0.2) is 28.0 Å². The Kier molecular flexibility index (Phi) is 5.91. The van der Waals surface area contributed by atoms with Crippen LogP contribution in [0.25, 0.3) is 11.4 Å². The van der Waals surface area contributed by atoms with Crippen molar-refractivity contribution in [1.82, 2.24) is 15.0 Å². The molecule has 26 heavy (non-hydrogen) atoms. The highest BCUT2D eigenvalue weighted by atomic mass is 35.5. The zero-order chi connectivity index (χ0) is 18.5. The lowest BCUT2D eigenvalue weighted by Crippen LogP contribution is -2.26. The monoisotopic (exact) mass is 389 g/mol. The van der Waals surface area contributed by atoms with Crippen LogP contribution in [0.15, 0.2) is 53.1 Å². The molecule has 0 radical (unpaired) electrons. The van der Waals surface area contributed by atoms with E-state index in [1.54, 1.807) is 18.0 Å². The Morgan fingerprint density at radius 1 is 1.12 bits per heavy atom. The minimum Gasteiger partial charge on any atom is -0.337 e. The molecule has 0 aliphatic carbocycles. The molecule has 0 atom stereocenters. The van der Waals surface area contributed by atoms with Crippen molar-refractivity contribution in [3.8, 4) is 11.4 Å². The average molecular weight is 390 g/mol. The first kappa shape index (κ1) is 18.4. The third kappa shape index (κ3) is 4.62. The molecular formula is C19H17Cl2N3O2. The lowest BCUT2D eigenvalue weighted by atomic mass is 10.1. The fourth-order valence-electron chi connectivity index (χ4n) is 2.46. The van der Waals surface area contributed by atoms with Crippen molar-refractivity contribution in [3.63, 3.8) is 0 Å². The van der Waals surface area contributed by atoms with Gasteiger partial charge >= 0.3 is 0 Å². The highest BCUT2D eigenvalue weighted by molar-refractivity contribution is 6.33. The molecule has 0 unspecified atom stereocenters. The van der Waals surface area contributed by atoms with E-state index in [9.17, 15) is 4.79 Å². The summed E-state index contributed by atoms with van der Waals surface area (Å²) in [5.41, 5.74) is 1.76. The van der Waals surface area contributed by atoms with Gasteiger partial charge in [0.25, 0.3) is 0 Å². The quantitative estimate of drug-likeness (QED) is 0.616. The van der Waals surface area contributed by atoms with Crippen molar-refractivity contribution < 1.29 is 9.32 Å². The molecule has 1 heterocycles. The van der Waals surface area contributed by atoms with E-state index in [-0.39, 0.29) is 12.5 Å². The van der Waals surface area contributed by atoms with Gasteiger partial charge in [0.2, 0.25) is 17.6 Å². The molecule has 0 aliphatic heterocycles. The molecule has 7 heteroatoms. The fraction of sp³-hybridized carbons (Fsp3) is 0.211. The molecule has 3 aromatic rings. The first-order chi connectivity index (χ1) is 12.5. The second-order valence-corrected chi connectivity index (χ2v) is 6.71. The summed E-state index contributed by atoms with van der Waals surface area (Å²) >= 11 is 12.0. The van der Waals surface area contributed by atoms with Crippen LogP contribution < -0.4 is 0 Å². The summed E-state index contributed by atoms with van der Waals surface area (Å²) < 4.78 is 5.24. The minimum absolute atomic E-state index is 0.00237. The predicted octanol–water partition coefficient (Wildman–Crippen LogP) is 4.63. The number of rotatable bonds is 6. The van der Waals surface area contributed by atoms with Crippen LogP contribution in [0.5, 0.6) is 0 Å². The highest BCUT2D eigenvalue weighted by Crippen LogP contribution is 2.25. The van der Waals surface area contributed by atoms with Crippen molar-refractivity contribution >= 4 is 29.1 Å². The zero-order valence-electron chi connectivity index (χ0n) is 14.2. The van der Waals surface area contributed by atoms with Gasteiger partial charge < -0.3 is 9.42 Å². The average Bonchev–Trinajstić information content (AvgIpc) is 3.09. The minimum atomic E-state index is -0.00237. The van der Waals surface area contributed by atoms with Crippen LogP contribution >= 0.6 is 23.2 Å². The van der Waals surface area contributed by atoms with Gasteiger partial charge in [0.1, 0.15) is 0 Å². The van der Waals surface area contributed by atoms with Crippen molar-refractivity contribution in [2.24, 2.45) is 0 Å². The Hall–Kier alpha value is -2.37. The van der Waals surface area contributed by atoms with E-state index in [4.69, 9.17) is 27.7 Å². The van der Waals surface area contributed by atoms with E-state index in [0.717, 1.165) is 5.56 Å². The molecule has 2 aromatic carbocycles. The van der Waals surface area contributed by atoms with Crippen molar-refractivity contribution in [1.29, 1.82) is 0 Å². The predicted molar refractivity (Wildman–Crippen MR) is 101 cm³/mol. The summed E-state index contributed by atoms with van der Waals surface area (Å²) in [6, 6.07) is 14.7. The van der Waals surface area contributed by atoms with Gasteiger partial charge in [0.05, 0.1) is 11.6 Å². The zero-order valence-corrected chi connectivity index (χ0v) is 15.7. The first-order valence-corrected chi connectivity index (χ1v) is 8.84. The maximum absolute atomic E-state index is 12.3. The number of halogens is 2. The fourth-order valence-corrected chi connectivity index (χ4v) is 2.80. The summed E-state index contributed by atoms with van der Waals surface area (Å²) in [6.45, 7) is 0.247. The van der Waals surface area contributed by atoms with Crippen LogP contribution in [0.4, 0.5) is 0 Å². The molecule has 0 saturated heterocycles. The van der Waals surface area contributed by atoms with Crippen molar-refractivity contribution in [2.75, 3.05) is 7.05 Å². The topological polar surface area (TPSA) is 59.2 Å². The van der Waals surface area contributed by atoms with Gasteiger partial charge in [0.15, 0.2) is 0 Å². The van der Waals surface area contributed by atoms with E-state index in [0.29, 0.717) is 40.2 Å². The Morgan fingerprint density at radius 3 is 2.58 bits per heavy atom. The third-order valence-electron chi connectivity index (χ3n) is 3.92. The van der Waals surface area contributed by atoms with Crippen LogP contribution in [0.1, 0.15) is 17.9 Å². The van der Waals surface area contributed by atoms with Gasteiger partial charge in [-0.2, -0.15) is 4.98 Å². The standard InChI is InChI=1S/C19H17Cl2N3O2/c1-24(18(25)11-8-13-6-9-14(20)10-7-13)12-17-22-19(23-26-17)15-4-2-3-5-16(15)21/h2-7,9-10H,8,11-12H2,1H3. The van der Waals surface area contributed by atoms with Crippen LogP contribution in [0.2, 0.25) is 10.0 Å². The molecule has 0 aliphatic rings. The SMILES string of the molecule is CN(Cc1nc(-c2ccccc2Cl)no1)C(=O)CCc1ccc(Cl)cc1. The number of nitrogens with zero attached hydrogens (tertiary/aromatic N) is 3. The molecular weight excluding hydrogens is 373 g/mol. The number of aromatic nitrogens is 2. The second kappa shape index (κ2) is 8.34. The van der Waals surface area contributed by atoms with E-state index in [1.165, 1.54) is 0 Å². The second-order valence-electron chi connectivity index (χ2n) is 5.87. The molecule has 5 nitrogen and oxygen atoms in total. The largest absolute Gasteiger partial charge is 0.337 e. The summed E-state index contributed by atoms with van der Waals surface area (Å²) in [6.07, 6.45) is 1.04. The number of hydrogen-bond acceptors (Lipinski definition) is 4. The van der Waals surface area contributed by atoms with Crippen LogP contribution in [0.3, 0.4) is 0 Å². The van der Waals surface area contributed by atoms with Gasteiger partial charge in [-0.15, -0.1) is 0 Å². The molecule has 3 rings (SSSR count). The van der Waals surface area contributed by atoms with Gasteiger partial charge in [-0.25, -0.2) is 0 Å².